The molecule has 0 heterocycles. The van der Waals surface area contributed by atoms with E-state index in [4.69, 9.17) is 5.73 Å². The van der Waals surface area contributed by atoms with Crippen LogP contribution in [-0.2, 0) is 0 Å². The average Bonchev–Trinajstić information content (AvgIpc) is 2.15. The lowest BCUT2D eigenvalue weighted by Gasteiger charge is -2.32. The predicted molar refractivity (Wildman–Crippen MR) is 59.8 cm³/mol. The Bertz CT molecular complexity index is 109. The van der Waals surface area contributed by atoms with Gasteiger partial charge in [-0.1, -0.05) is 20.8 Å². The molecule has 0 saturated carbocycles. The molecule has 80 valence electrons. The van der Waals surface area contributed by atoms with Gasteiger partial charge >= 0.3 is 0 Å². The molecule has 2 nitrogen and oxygen atoms in total. The summed E-state index contributed by atoms with van der Waals surface area (Å²) in [6.07, 6.45) is 2.48. The van der Waals surface area contributed by atoms with Crippen LogP contribution in [0.15, 0.2) is 0 Å². The third-order valence-corrected chi connectivity index (χ3v) is 2.79. The Balaban J connectivity index is 4.00. The van der Waals surface area contributed by atoms with Gasteiger partial charge in [0.05, 0.1) is 0 Å². The molecule has 0 radical (unpaired) electrons. The van der Waals surface area contributed by atoms with E-state index >= 15 is 0 Å². The van der Waals surface area contributed by atoms with Crippen molar-refractivity contribution in [1.82, 2.24) is 4.90 Å². The molecule has 0 fully saturated rings. The lowest BCUT2D eigenvalue weighted by atomic mass is 10.0. The Morgan fingerprint density at radius 2 is 1.54 bits per heavy atom. The van der Waals surface area contributed by atoms with Crippen molar-refractivity contribution in [3.63, 3.8) is 0 Å². The summed E-state index contributed by atoms with van der Waals surface area (Å²) in [6.45, 7) is 12.2. The van der Waals surface area contributed by atoms with Crippen LogP contribution in [0.1, 0.15) is 40.5 Å². The third kappa shape index (κ3) is 4.63. The molecule has 0 spiro atoms. The van der Waals surface area contributed by atoms with Gasteiger partial charge in [-0.3, -0.25) is 0 Å². The third-order valence-electron chi connectivity index (χ3n) is 2.79. The van der Waals surface area contributed by atoms with E-state index < -0.39 is 0 Å². The maximum atomic E-state index is 5.68. The number of hydrogen-bond acceptors (Lipinski definition) is 2. The van der Waals surface area contributed by atoms with Gasteiger partial charge in [-0.25, -0.2) is 0 Å². The molecule has 0 aromatic heterocycles. The second-order valence-electron chi connectivity index (χ2n) is 3.99. The van der Waals surface area contributed by atoms with E-state index in [1.807, 2.05) is 0 Å². The summed E-state index contributed by atoms with van der Waals surface area (Å²) in [5.74, 6) is 0.609. The minimum absolute atomic E-state index is 0.609. The summed E-state index contributed by atoms with van der Waals surface area (Å²) in [5.41, 5.74) is 5.68. The van der Waals surface area contributed by atoms with Crippen molar-refractivity contribution in [2.45, 2.75) is 46.6 Å². The summed E-state index contributed by atoms with van der Waals surface area (Å²) in [4.78, 5) is 2.55. The monoisotopic (exact) mass is 186 g/mol. The van der Waals surface area contributed by atoms with Crippen molar-refractivity contribution in [3.05, 3.63) is 0 Å². The molecule has 0 aliphatic rings. The van der Waals surface area contributed by atoms with E-state index in [2.05, 4.69) is 32.6 Å². The SMILES string of the molecule is CCCN(CCC)C(C)C(C)CN. The van der Waals surface area contributed by atoms with Gasteiger partial charge in [0.15, 0.2) is 0 Å². The molecule has 0 aliphatic carbocycles. The second kappa shape index (κ2) is 7.34. The van der Waals surface area contributed by atoms with E-state index in [0.717, 1.165) is 6.54 Å². The van der Waals surface area contributed by atoms with Gasteiger partial charge in [0.25, 0.3) is 0 Å². The second-order valence-corrected chi connectivity index (χ2v) is 3.99. The van der Waals surface area contributed by atoms with Crippen LogP contribution < -0.4 is 5.73 Å². The Morgan fingerprint density at radius 1 is 1.08 bits per heavy atom. The van der Waals surface area contributed by atoms with Gasteiger partial charge in [-0.15, -0.1) is 0 Å². The zero-order valence-electron chi connectivity index (χ0n) is 9.71. The molecule has 2 atom stereocenters. The van der Waals surface area contributed by atoms with Gasteiger partial charge in [0, 0.05) is 6.04 Å². The van der Waals surface area contributed by atoms with Crippen LogP contribution in [0.5, 0.6) is 0 Å². The highest BCUT2D eigenvalue weighted by molar-refractivity contribution is 4.72. The standard InChI is InChI=1S/C11H26N2/c1-5-7-13(8-6-2)11(4)10(3)9-12/h10-11H,5-9,12H2,1-4H3. The van der Waals surface area contributed by atoms with Crippen molar-refractivity contribution in [2.24, 2.45) is 11.7 Å². The molecular formula is C11H26N2. The summed E-state index contributed by atoms with van der Waals surface area (Å²) in [5, 5.41) is 0. The Kier molecular flexibility index (Phi) is 7.29. The van der Waals surface area contributed by atoms with E-state index in [0.29, 0.717) is 12.0 Å². The molecule has 2 unspecified atom stereocenters. The van der Waals surface area contributed by atoms with Gasteiger partial charge in [-0.2, -0.15) is 0 Å². The quantitative estimate of drug-likeness (QED) is 0.659. The molecule has 2 N–H and O–H groups in total. The minimum Gasteiger partial charge on any atom is -0.330 e. The van der Waals surface area contributed by atoms with Crippen LogP contribution in [0.25, 0.3) is 0 Å². The van der Waals surface area contributed by atoms with Gasteiger partial charge in [0.2, 0.25) is 0 Å². The van der Waals surface area contributed by atoms with Crippen molar-refractivity contribution in [1.29, 1.82) is 0 Å². The molecule has 0 aromatic rings. The highest BCUT2D eigenvalue weighted by Gasteiger charge is 2.17. The van der Waals surface area contributed by atoms with Crippen molar-refractivity contribution < 1.29 is 0 Å². The van der Waals surface area contributed by atoms with E-state index in [1.54, 1.807) is 0 Å². The normalized spacial score (nSPS) is 16.2. The summed E-state index contributed by atoms with van der Waals surface area (Å²) >= 11 is 0. The van der Waals surface area contributed by atoms with Gasteiger partial charge < -0.3 is 10.6 Å². The van der Waals surface area contributed by atoms with Crippen LogP contribution in [0, 0.1) is 5.92 Å². The van der Waals surface area contributed by atoms with Crippen LogP contribution in [0.4, 0.5) is 0 Å². The van der Waals surface area contributed by atoms with Crippen molar-refractivity contribution >= 4 is 0 Å². The molecule has 0 rings (SSSR count). The van der Waals surface area contributed by atoms with Gasteiger partial charge in [-0.05, 0) is 45.3 Å². The summed E-state index contributed by atoms with van der Waals surface area (Å²) < 4.78 is 0. The topological polar surface area (TPSA) is 29.3 Å². The first-order chi connectivity index (χ1) is 6.17. The summed E-state index contributed by atoms with van der Waals surface area (Å²) in [7, 11) is 0. The van der Waals surface area contributed by atoms with Crippen LogP contribution >= 0.6 is 0 Å². The molecule has 0 amide bonds. The first-order valence-electron chi connectivity index (χ1n) is 5.61. The Morgan fingerprint density at radius 3 is 1.85 bits per heavy atom. The highest BCUT2D eigenvalue weighted by atomic mass is 15.1. The number of rotatable bonds is 7. The fourth-order valence-corrected chi connectivity index (χ4v) is 1.65. The van der Waals surface area contributed by atoms with Crippen LogP contribution in [0.3, 0.4) is 0 Å². The highest BCUT2D eigenvalue weighted by Crippen LogP contribution is 2.10. The molecule has 0 saturated heterocycles. The molecule has 13 heavy (non-hydrogen) atoms. The first kappa shape index (κ1) is 12.9. The maximum Gasteiger partial charge on any atom is 0.0105 e. The van der Waals surface area contributed by atoms with E-state index in [9.17, 15) is 0 Å². The fourth-order valence-electron chi connectivity index (χ4n) is 1.65. The zero-order chi connectivity index (χ0) is 10.3. The lowest BCUT2D eigenvalue weighted by Crippen LogP contribution is -2.41. The maximum absolute atomic E-state index is 5.68. The molecule has 0 aromatic carbocycles. The molecule has 2 heteroatoms. The number of hydrogen-bond donors (Lipinski definition) is 1. The zero-order valence-corrected chi connectivity index (χ0v) is 9.71. The smallest absolute Gasteiger partial charge is 0.0105 e. The predicted octanol–water partition coefficient (Wildman–Crippen LogP) is 2.09. The largest absolute Gasteiger partial charge is 0.330 e. The van der Waals surface area contributed by atoms with Crippen molar-refractivity contribution in [3.8, 4) is 0 Å². The lowest BCUT2D eigenvalue weighted by molar-refractivity contribution is 0.164. The van der Waals surface area contributed by atoms with E-state index in [-0.39, 0.29) is 0 Å². The minimum atomic E-state index is 0.609. The fraction of sp³-hybridized carbons (Fsp3) is 1.00. The average molecular weight is 186 g/mol. The Labute approximate surface area is 83.5 Å². The summed E-state index contributed by atoms with van der Waals surface area (Å²) in [6, 6.07) is 0.630. The number of nitrogens with two attached hydrogens (primary N) is 1. The van der Waals surface area contributed by atoms with Gasteiger partial charge in [0.1, 0.15) is 0 Å². The van der Waals surface area contributed by atoms with Crippen LogP contribution in [0.2, 0.25) is 0 Å². The van der Waals surface area contributed by atoms with E-state index in [1.165, 1.54) is 25.9 Å². The van der Waals surface area contributed by atoms with Crippen molar-refractivity contribution in [2.75, 3.05) is 19.6 Å². The first-order valence-corrected chi connectivity index (χ1v) is 5.61. The number of nitrogens with zero attached hydrogens (tertiary/aromatic N) is 1. The Hall–Kier alpha value is -0.0800. The van der Waals surface area contributed by atoms with Crippen LogP contribution in [-0.4, -0.2) is 30.6 Å². The molecule has 0 aliphatic heterocycles. The molecular weight excluding hydrogens is 160 g/mol. The molecule has 0 bridgehead atoms.